The molecule has 1 N–H and O–H groups in total. The Morgan fingerprint density at radius 1 is 1.15 bits per heavy atom. The van der Waals surface area contributed by atoms with Crippen molar-refractivity contribution in [2.24, 2.45) is 0 Å². The lowest BCUT2D eigenvalue weighted by atomic mass is 10.2. The molecule has 1 aromatic rings. The number of carbonyl (C=O) groups excluding carboxylic acids is 3. The van der Waals surface area contributed by atoms with Gasteiger partial charge in [0, 0.05) is 13.6 Å². The van der Waals surface area contributed by atoms with Gasteiger partial charge in [-0.1, -0.05) is 30.3 Å². The van der Waals surface area contributed by atoms with Crippen molar-refractivity contribution in [2.75, 3.05) is 20.7 Å². The van der Waals surface area contributed by atoms with Gasteiger partial charge in [0.25, 0.3) is 0 Å². The number of ether oxygens (including phenoxy) is 3. The first-order valence-corrected chi connectivity index (χ1v) is 8.62. The topological polar surface area (TPSA) is 94.2 Å². The van der Waals surface area contributed by atoms with Crippen LogP contribution in [0.4, 0.5) is 9.59 Å². The van der Waals surface area contributed by atoms with E-state index in [2.05, 4.69) is 5.32 Å². The van der Waals surface area contributed by atoms with E-state index in [0.29, 0.717) is 0 Å². The molecule has 0 bridgehead atoms. The first-order chi connectivity index (χ1) is 12.6. The van der Waals surface area contributed by atoms with Crippen LogP contribution in [0.2, 0.25) is 0 Å². The van der Waals surface area contributed by atoms with Gasteiger partial charge in [-0.05, 0) is 32.8 Å². The van der Waals surface area contributed by atoms with Crippen LogP contribution in [0.15, 0.2) is 30.3 Å². The quantitative estimate of drug-likeness (QED) is 0.577. The van der Waals surface area contributed by atoms with Gasteiger partial charge in [0.1, 0.15) is 18.2 Å². The van der Waals surface area contributed by atoms with Crippen molar-refractivity contribution in [2.45, 2.75) is 45.4 Å². The van der Waals surface area contributed by atoms with Crippen LogP contribution in [-0.2, 0) is 25.6 Å². The highest BCUT2D eigenvalue weighted by Crippen LogP contribution is 2.10. The average Bonchev–Trinajstić information content (AvgIpc) is 2.61. The second-order valence-corrected chi connectivity index (χ2v) is 6.91. The molecule has 2 amide bonds. The number of amides is 2. The smallest absolute Gasteiger partial charge is 0.410 e. The van der Waals surface area contributed by atoms with E-state index < -0.39 is 29.8 Å². The van der Waals surface area contributed by atoms with Crippen LogP contribution in [0, 0.1) is 0 Å². The third kappa shape index (κ3) is 8.44. The monoisotopic (exact) mass is 380 g/mol. The number of benzene rings is 1. The number of carbonyl (C=O) groups is 3. The van der Waals surface area contributed by atoms with Crippen LogP contribution in [0.5, 0.6) is 0 Å². The molecule has 0 aliphatic rings. The Hall–Kier alpha value is -2.77. The summed E-state index contributed by atoms with van der Waals surface area (Å²) in [7, 11) is 2.68. The molecule has 8 nitrogen and oxygen atoms in total. The summed E-state index contributed by atoms with van der Waals surface area (Å²) in [6.07, 6.45) is -1.10. The third-order valence-corrected chi connectivity index (χ3v) is 3.52. The van der Waals surface area contributed by atoms with E-state index >= 15 is 0 Å². The van der Waals surface area contributed by atoms with Crippen LogP contribution in [0.1, 0.15) is 32.8 Å². The Bertz CT molecular complexity index is 627. The minimum atomic E-state index is -0.895. The molecule has 0 aliphatic carbocycles. The summed E-state index contributed by atoms with van der Waals surface area (Å²) in [6.45, 7) is 5.47. The number of rotatable bonds is 7. The van der Waals surface area contributed by atoms with Gasteiger partial charge in [0.2, 0.25) is 0 Å². The van der Waals surface area contributed by atoms with Crippen molar-refractivity contribution in [3.63, 3.8) is 0 Å². The lowest BCUT2D eigenvalue weighted by Crippen LogP contribution is -2.45. The number of methoxy groups -OCH3 is 1. The van der Waals surface area contributed by atoms with E-state index in [-0.39, 0.29) is 19.6 Å². The van der Waals surface area contributed by atoms with Crippen LogP contribution in [-0.4, -0.2) is 55.4 Å². The Morgan fingerprint density at radius 2 is 1.78 bits per heavy atom. The second-order valence-electron chi connectivity index (χ2n) is 6.91. The van der Waals surface area contributed by atoms with Crippen molar-refractivity contribution in [3.05, 3.63) is 35.9 Å². The van der Waals surface area contributed by atoms with Crippen LogP contribution >= 0.6 is 0 Å². The van der Waals surface area contributed by atoms with E-state index in [1.807, 2.05) is 30.3 Å². The molecule has 0 spiro atoms. The summed E-state index contributed by atoms with van der Waals surface area (Å²) in [5.74, 6) is -0.597. The van der Waals surface area contributed by atoms with Gasteiger partial charge in [-0.15, -0.1) is 0 Å². The molecule has 8 heteroatoms. The summed E-state index contributed by atoms with van der Waals surface area (Å²) in [4.78, 5) is 37.1. The van der Waals surface area contributed by atoms with E-state index in [9.17, 15) is 14.4 Å². The van der Waals surface area contributed by atoms with Crippen LogP contribution < -0.4 is 5.32 Å². The number of likely N-dealkylation sites (N-methyl/N-ethyl adjacent to an activating group) is 1. The maximum absolute atomic E-state index is 12.2. The lowest BCUT2D eigenvalue weighted by molar-refractivity contribution is -0.146. The van der Waals surface area contributed by atoms with Crippen molar-refractivity contribution in [3.8, 4) is 0 Å². The highest BCUT2D eigenvalue weighted by molar-refractivity contribution is 5.81. The van der Waals surface area contributed by atoms with Gasteiger partial charge in [0.05, 0.1) is 7.11 Å². The second kappa shape index (κ2) is 10.4. The average molecular weight is 380 g/mol. The Morgan fingerprint density at radius 3 is 2.33 bits per heavy atom. The number of nitrogens with one attached hydrogen (secondary N) is 1. The zero-order valence-electron chi connectivity index (χ0n) is 16.5. The molecule has 0 radical (unpaired) electrons. The molecule has 0 heterocycles. The number of nitrogens with zero attached hydrogens (tertiary/aromatic N) is 1. The first-order valence-electron chi connectivity index (χ1n) is 8.62. The minimum absolute atomic E-state index is 0.0913. The molecule has 0 saturated carbocycles. The van der Waals surface area contributed by atoms with Crippen molar-refractivity contribution < 1.29 is 28.6 Å². The predicted molar refractivity (Wildman–Crippen MR) is 99.0 cm³/mol. The number of esters is 1. The molecule has 1 aromatic carbocycles. The molecule has 1 atom stereocenters. The van der Waals surface area contributed by atoms with Crippen molar-refractivity contribution in [1.82, 2.24) is 10.2 Å². The Kier molecular flexibility index (Phi) is 8.58. The lowest BCUT2D eigenvalue weighted by Gasteiger charge is -2.26. The van der Waals surface area contributed by atoms with Gasteiger partial charge in [0.15, 0.2) is 0 Å². The van der Waals surface area contributed by atoms with Crippen LogP contribution in [0.25, 0.3) is 0 Å². The summed E-state index contributed by atoms with van der Waals surface area (Å²) in [5, 5.41) is 2.55. The molecular formula is C19H28N2O6. The van der Waals surface area contributed by atoms with Gasteiger partial charge in [-0.3, -0.25) is 4.90 Å². The fourth-order valence-corrected chi connectivity index (χ4v) is 2.18. The zero-order valence-corrected chi connectivity index (χ0v) is 16.5. The van der Waals surface area contributed by atoms with E-state index in [4.69, 9.17) is 14.2 Å². The molecule has 150 valence electrons. The molecule has 1 rings (SSSR count). The summed E-state index contributed by atoms with van der Waals surface area (Å²) < 4.78 is 15.1. The molecule has 27 heavy (non-hydrogen) atoms. The normalized spacial score (nSPS) is 11.9. The van der Waals surface area contributed by atoms with E-state index in [1.165, 1.54) is 14.2 Å². The first kappa shape index (κ1) is 22.3. The molecule has 0 aromatic heterocycles. The standard InChI is InChI=1S/C19H28N2O6/c1-19(2,3)27-17(23)20-12-11-15(16(22)25-5)21(4)18(24)26-13-14-9-7-6-8-10-14/h6-10,15H,11-13H2,1-5H3,(H,20,23)/t15-/m0/s1. The Balaban J connectivity index is 2.57. The number of alkyl carbamates (subject to hydrolysis) is 1. The Labute approximate surface area is 159 Å². The zero-order chi connectivity index (χ0) is 20.4. The van der Waals surface area contributed by atoms with Gasteiger partial charge < -0.3 is 19.5 Å². The number of hydrogen-bond acceptors (Lipinski definition) is 6. The molecule has 0 aliphatic heterocycles. The van der Waals surface area contributed by atoms with Gasteiger partial charge >= 0.3 is 18.2 Å². The fraction of sp³-hybridized carbons (Fsp3) is 0.526. The van der Waals surface area contributed by atoms with Crippen molar-refractivity contribution in [1.29, 1.82) is 0 Å². The summed E-state index contributed by atoms with van der Waals surface area (Å²) in [5.41, 5.74) is 0.213. The van der Waals surface area contributed by atoms with Gasteiger partial charge in [-0.2, -0.15) is 0 Å². The van der Waals surface area contributed by atoms with Crippen LogP contribution in [0.3, 0.4) is 0 Å². The maximum Gasteiger partial charge on any atom is 0.410 e. The van der Waals surface area contributed by atoms with Crippen molar-refractivity contribution >= 4 is 18.2 Å². The molecule has 0 unspecified atom stereocenters. The van der Waals surface area contributed by atoms with E-state index in [0.717, 1.165) is 10.5 Å². The number of hydrogen-bond donors (Lipinski definition) is 1. The largest absolute Gasteiger partial charge is 0.467 e. The highest BCUT2D eigenvalue weighted by atomic mass is 16.6. The molecular weight excluding hydrogens is 352 g/mol. The maximum atomic E-state index is 12.2. The summed E-state index contributed by atoms with van der Waals surface area (Å²) >= 11 is 0. The molecule has 0 fully saturated rings. The van der Waals surface area contributed by atoms with Gasteiger partial charge in [-0.25, -0.2) is 14.4 Å². The third-order valence-electron chi connectivity index (χ3n) is 3.52. The minimum Gasteiger partial charge on any atom is -0.467 e. The predicted octanol–water partition coefficient (Wildman–Crippen LogP) is 2.71. The summed E-state index contributed by atoms with van der Waals surface area (Å²) in [6, 6.07) is 8.31. The van der Waals surface area contributed by atoms with E-state index in [1.54, 1.807) is 20.8 Å². The molecule has 0 saturated heterocycles. The highest BCUT2D eigenvalue weighted by Gasteiger charge is 2.29. The fourth-order valence-electron chi connectivity index (χ4n) is 2.18. The SMILES string of the molecule is COC(=O)[C@H](CCNC(=O)OC(C)(C)C)N(C)C(=O)OCc1ccccc1.